The Morgan fingerprint density at radius 1 is 1.00 bits per heavy atom. The largest absolute Gasteiger partial charge is 0.330 e. The molecule has 1 atom stereocenters. The van der Waals surface area contributed by atoms with E-state index in [0.717, 1.165) is 26.1 Å². The number of nitrogens with two attached hydrogens (primary N) is 1. The first-order valence-electron chi connectivity index (χ1n) is 9.45. The maximum atomic E-state index is 13.0. The fourth-order valence-electron chi connectivity index (χ4n) is 3.96. The molecule has 2 nitrogen and oxygen atoms in total. The van der Waals surface area contributed by atoms with Crippen LogP contribution in [0.5, 0.6) is 0 Å². The van der Waals surface area contributed by atoms with Crippen molar-refractivity contribution in [2.75, 3.05) is 19.6 Å². The summed E-state index contributed by atoms with van der Waals surface area (Å²) in [6, 6.07) is 15.9. The van der Waals surface area contributed by atoms with E-state index in [9.17, 15) is 4.39 Å². The van der Waals surface area contributed by atoms with Crippen LogP contribution in [-0.4, -0.2) is 24.5 Å². The lowest BCUT2D eigenvalue weighted by atomic mass is 9.80. The van der Waals surface area contributed by atoms with E-state index in [1.165, 1.54) is 29.5 Å². The van der Waals surface area contributed by atoms with Gasteiger partial charge in [0.05, 0.1) is 0 Å². The van der Waals surface area contributed by atoms with E-state index < -0.39 is 0 Å². The first-order chi connectivity index (χ1) is 12.2. The minimum Gasteiger partial charge on any atom is -0.330 e. The Bertz CT molecular complexity index is 643. The molecule has 25 heavy (non-hydrogen) atoms. The topological polar surface area (TPSA) is 29.3 Å². The Morgan fingerprint density at radius 2 is 1.60 bits per heavy atom. The lowest BCUT2D eigenvalue weighted by Crippen LogP contribution is -2.36. The first-order valence-corrected chi connectivity index (χ1v) is 9.45. The molecule has 0 bridgehead atoms. The van der Waals surface area contributed by atoms with Crippen LogP contribution in [0.4, 0.5) is 4.39 Å². The average Bonchev–Trinajstić information content (AvgIpc) is 2.66. The van der Waals surface area contributed by atoms with Crippen molar-refractivity contribution < 1.29 is 4.39 Å². The quantitative estimate of drug-likeness (QED) is 0.847. The molecule has 1 heterocycles. The monoisotopic (exact) mass is 340 g/mol. The number of likely N-dealkylation sites (tertiary alicyclic amines) is 1. The Hall–Kier alpha value is -1.71. The Kier molecular flexibility index (Phi) is 6.22. The van der Waals surface area contributed by atoms with Gasteiger partial charge in [0.15, 0.2) is 0 Å². The number of piperidine rings is 1. The summed E-state index contributed by atoms with van der Waals surface area (Å²) in [5, 5.41) is 0. The smallest absolute Gasteiger partial charge is 0.123 e. The molecule has 0 aromatic heterocycles. The van der Waals surface area contributed by atoms with Crippen LogP contribution in [-0.2, 0) is 13.0 Å². The summed E-state index contributed by atoms with van der Waals surface area (Å²) in [6.45, 7) is 5.99. The number of aryl methyl sites for hydroxylation is 1. The van der Waals surface area contributed by atoms with Crippen molar-refractivity contribution in [1.82, 2.24) is 4.90 Å². The van der Waals surface area contributed by atoms with Gasteiger partial charge in [-0.2, -0.15) is 0 Å². The molecule has 0 radical (unpaired) electrons. The average molecular weight is 340 g/mol. The molecule has 3 heteroatoms. The van der Waals surface area contributed by atoms with Crippen molar-refractivity contribution in [2.24, 2.45) is 11.7 Å². The molecule has 0 amide bonds. The van der Waals surface area contributed by atoms with Gasteiger partial charge in [-0.1, -0.05) is 43.3 Å². The van der Waals surface area contributed by atoms with E-state index in [2.05, 4.69) is 36.1 Å². The van der Waals surface area contributed by atoms with Crippen molar-refractivity contribution in [2.45, 2.75) is 38.6 Å². The molecule has 0 aliphatic carbocycles. The maximum absolute atomic E-state index is 13.0. The number of hydrogen-bond acceptors (Lipinski definition) is 2. The van der Waals surface area contributed by atoms with Gasteiger partial charge in [-0.15, -0.1) is 0 Å². The minimum absolute atomic E-state index is 0.165. The van der Waals surface area contributed by atoms with Crippen LogP contribution >= 0.6 is 0 Å². The van der Waals surface area contributed by atoms with Crippen LogP contribution in [0.3, 0.4) is 0 Å². The summed E-state index contributed by atoms with van der Waals surface area (Å²) in [5.41, 5.74) is 10.1. The van der Waals surface area contributed by atoms with Crippen molar-refractivity contribution in [3.8, 4) is 0 Å². The van der Waals surface area contributed by atoms with E-state index >= 15 is 0 Å². The van der Waals surface area contributed by atoms with Crippen LogP contribution in [0.2, 0.25) is 0 Å². The van der Waals surface area contributed by atoms with E-state index in [-0.39, 0.29) is 5.82 Å². The van der Waals surface area contributed by atoms with E-state index in [4.69, 9.17) is 5.73 Å². The molecule has 1 saturated heterocycles. The van der Waals surface area contributed by atoms with Gasteiger partial charge < -0.3 is 5.73 Å². The normalized spacial score (nSPS) is 17.6. The van der Waals surface area contributed by atoms with E-state index in [0.29, 0.717) is 18.4 Å². The zero-order chi connectivity index (χ0) is 17.6. The predicted molar refractivity (Wildman–Crippen MR) is 102 cm³/mol. The second-order valence-corrected chi connectivity index (χ2v) is 7.18. The molecule has 0 saturated carbocycles. The summed E-state index contributed by atoms with van der Waals surface area (Å²) in [7, 11) is 0. The number of hydrogen-bond donors (Lipinski definition) is 1. The highest BCUT2D eigenvalue weighted by Gasteiger charge is 2.26. The van der Waals surface area contributed by atoms with Gasteiger partial charge in [-0.05, 0) is 79.6 Å². The molecule has 1 fully saturated rings. The third kappa shape index (κ3) is 4.68. The Morgan fingerprint density at radius 3 is 2.16 bits per heavy atom. The molecule has 3 rings (SSSR count). The Balaban J connectivity index is 1.57. The highest BCUT2D eigenvalue weighted by molar-refractivity contribution is 5.26. The lowest BCUT2D eigenvalue weighted by Gasteiger charge is -2.36. The lowest BCUT2D eigenvalue weighted by molar-refractivity contribution is 0.162. The van der Waals surface area contributed by atoms with Gasteiger partial charge in [0, 0.05) is 6.54 Å². The molecule has 1 unspecified atom stereocenters. The molecule has 2 aromatic rings. The summed E-state index contributed by atoms with van der Waals surface area (Å²) in [4.78, 5) is 2.47. The van der Waals surface area contributed by atoms with Crippen LogP contribution in [0.25, 0.3) is 0 Å². The number of halogens is 1. The van der Waals surface area contributed by atoms with Gasteiger partial charge in [0.25, 0.3) is 0 Å². The molecule has 2 aromatic carbocycles. The highest BCUT2D eigenvalue weighted by Crippen LogP contribution is 2.32. The molecule has 2 N–H and O–H groups in total. The molecule has 134 valence electrons. The Labute approximate surface area is 150 Å². The van der Waals surface area contributed by atoms with Crippen LogP contribution in [0, 0.1) is 11.7 Å². The van der Waals surface area contributed by atoms with Crippen molar-refractivity contribution in [1.29, 1.82) is 0 Å². The van der Waals surface area contributed by atoms with E-state index in [1.54, 1.807) is 12.1 Å². The van der Waals surface area contributed by atoms with Crippen molar-refractivity contribution in [3.63, 3.8) is 0 Å². The zero-order valence-corrected chi connectivity index (χ0v) is 15.1. The molecular formula is C22H29FN2. The fourth-order valence-corrected chi connectivity index (χ4v) is 3.96. The molecule has 0 spiro atoms. The summed E-state index contributed by atoms with van der Waals surface area (Å²) in [5.74, 6) is 0.947. The van der Waals surface area contributed by atoms with Gasteiger partial charge in [-0.25, -0.2) is 4.39 Å². The van der Waals surface area contributed by atoms with Gasteiger partial charge in [0.2, 0.25) is 0 Å². The van der Waals surface area contributed by atoms with Gasteiger partial charge in [-0.3, -0.25) is 4.90 Å². The maximum Gasteiger partial charge on any atom is 0.123 e. The third-order valence-corrected chi connectivity index (χ3v) is 5.59. The zero-order valence-electron chi connectivity index (χ0n) is 15.1. The van der Waals surface area contributed by atoms with Gasteiger partial charge in [0.1, 0.15) is 5.82 Å². The van der Waals surface area contributed by atoms with E-state index in [1.807, 2.05) is 12.1 Å². The number of nitrogens with zero attached hydrogens (tertiary/aromatic N) is 1. The second-order valence-electron chi connectivity index (χ2n) is 7.18. The molecular weight excluding hydrogens is 311 g/mol. The number of benzene rings is 2. The molecule has 1 aliphatic rings. The fraction of sp³-hybridized carbons (Fsp3) is 0.455. The second kappa shape index (κ2) is 8.59. The van der Waals surface area contributed by atoms with Crippen LogP contribution in [0.15, 0.2) is 48.5 Å². The van der Waals surface area contributed by atoms with Gasteiger partial charge >= 0.3 is 0 Å². The summed E-state index contributed by atoms with van der Waals surface area (Å²) in [6.07, 6.45) is 3.44. The summed E-state index contributed by atoms with van der Waals surface area (Å²) < 4.78 is 13.0. The standard InChI is InChI=1S/C22H29FN2/c1-2-17-3-7-19(8-4-17)22(15-24)20-11-13-25(14-12-20)16-18-5-9-21(23)10-6-18/h3-10,20,22H,2,11-16,24H2,1H3. The first kappa shape index (κ1) is 18.1. The third-order valence-electron chi connectivity index (χ3n) is 5.59. The van der Waals surface area contributed by atoms with Crippen LogP contribution in [0.1, 0.15) is 42.4 Å². The van der Waals surface area contributed by atoms with Crippen LogP contribution < -0.4 is 5.73 Å². The molecule has 1 aliphatic heterocycles. The SMILES string of the molecule is CCc1ccc(C(CN)C2CCN(Cc3ccc(F)cc3)CC2)cc1. The summed E-state index contributed by atoms with van der Waals surface area (Å²) >= 11 is 0. The minimum atomic E-state index is -0.165. The van der Waals surface area contributed by atoms with Crippen molar-refractivity contribution >= 4 is 0 Å². The highest BCUT2D eigenvalue weighted by atomic mass is 19.1. The van der Waals surface area contributed by atoms with Crippen molar-refractivity contribution in [3.05, 3.63) is 71.0 Å². The number of rotatable bonds is 6. The predicted octanol–water partition coefficient (Wildman–Crippen LogP) is 4.34.